The lowest BCUT2D eigenvalue weighted by atomic mass is 10.2. The summed E-state index contributed by atoms with van der Waals surface area (Å²) in [4.78, 5) is 17.3. The number of aromatic amines is 1. The summed E-state index contributed by atoms with van der Waals surface area (Å²) in [5.74, 6) is 6.95. The van der Waals surface area contributed by atoms with Crippen LogP contribution in [-0.2, 0) is 17.6 Å². The van der Waals surface area contributed by atoms with Crippen LogP contribution in [0.1, 0.15) is 17.7 Å². The van der Waals surface area contributed by atoms with E-state index in [1.165, 1.54) is 16.4 Å². The van der Waals surface area contributed by atoms with Crippen LogP contribution in [0.2, 0.25) is 0 Å². The Morgan fingerprint density at radius 2 is 1.78 bits per heavy atom. The lowest BCUT2D eigenvalue weighted by molar-refractivity contribution is -0.115. The summed E-state index contributed by atoms with van der Waals surface area (Å²) in [5, 5.41) is 16.4. The minimum atomic E-state index is -0.0413. The maximum absolute atomic E-state index is 13.4. The molecule has 1 aliphatic carbocycles. The van der Waals surface area contributed by atoms with Gasteiger partial charge in [0, 0.05) is 21.0 Å². The van der Waals surface area contributed by atoms with Crippen LogP contribution in [-0.4, -0.2) is 36.7 Å². The number of carbonyl (C=O) groups excluding carboxylic acids is 1. The number of nitrogen functional groups attached to an aromatic ring is 1. The Kier molecular flexibility index (Phi) is 4.69. The van der Waals surface area contributed by atoms with Crippen LogP contribution in [0.5, 0.6) is 0 Å². The number of rotatable bonds is 4. The molecule has 4 aromatic rings. The van der Waals surface area contributed by atoms with E-state index in [0.717, 1.165) is 57.4 Å². The summed E-state index contributed by atoms with van der Waals surface area (Å²) < 4.78 is 1.43. The number of fused-ring (bicyclic) bond motifs is 3. The number of hydrogen-bond donors (Lipinski definition) is 2. The Balaban J connectivity index is 1.26. The Bertz CT molecular complexity index is 1300. The van der Waals surface area contributed by atoms with Gasteiger partial charge in [0.25, 0.3) is 0 Å². The van der Waals surface area contributed by atoms with Crippen LogP contribution in [0.25, 0.3) is 11.5 Å². The number of nitrogens with two attached hydrogens (primary N) is 1. The molecule has 160 valence electrons. The van der Waals surface area contributed by atoms with Crippen molar-refractivity contribution in [2.24, 2.45) is 0 Å². The molecule has 0 unspecified atom stereocenters. The molecule has 8 nitrogen and oxygen atoms in total. The summed E-state index contributed by atoms with van der Waals surface area (Å²) in [6.45, 7) is 0. The van der Waals surface area contributed by atoms with Gasteiger partial charge in [0.05, 0.1) is 17.1 Å². The molecule has 1 aliphatic heterocycles. The summed E-state index contributed by atoms with van der Waals surface area (Å²) >= 11 is 2.95. The van der Waals surface area contributed by atoms with Crippen molar-refractivity contribution in [2.75, 3.05) is 16.5 Å². The van der Waals surface area contributed by atoms with E-state index in [1.807, 2.05) is 48.5 Å². The minimum absolute atomic E-state index is 0.0413. The standard InChI is InChI=1S/C22H19N7OS2/c23-29-21(20-13-6-5-7-14(13)24-25-20)26-27-22(29)31-12-19(30)28-15-8-1-3-10-17(15)32-18-11-4-2-9-16(18)28/h1-4,8-11H,5-7,12,23H2,(H,24,25). The molecule has 0 saturated carbocycles. The molecule has 2 aromatic heterocycles. The number of para-hydroxylation sites is 2. The van der Waals surface area contributed by atoms with Gasteiger partial charge in [-0.1, -0.05) is 47.8 Å². The lowest BCUT2D eigenvalue weighted by Crippen LogP contribution is -2.30. The van der Waals surface area contributed by atoms with Crippen LogP contribution in [0.15, 0.2) is 63.5 Å². The van der Waals surface area contributed by atoms with Crippen molar-refractivity contribution in [1.29, 1.82) is 0 Å². The molecule has 1 amide bonds. The molecule has 2 aromatic carbocycles. The SMILES string of the molecule is Nn1c(SCC(=O)N2c3ccccc3Sc3ccccc32)nnc1-c1n[nH]c2c1CCC2. The highest BCUT2D eigenvalue weighted by Crippen LogP contribution is 2.48. The zero-order valence-corrected chi connectivity index (χ0v) is 18.6. The summed E-state index contributed by atoms with van der Waals surface area (Å²) in [7, 11) is 0. The average Bonchev–Trinajstić information content (AvgIpc) is 3.52. The summed E-state index contributed by atoms with van der Waals surface area (Å²) in [6.07, 6.45) is 3.05. The summed E-state index contributed by atoms with van der Waals surface area (Å²) in [6, 6.07) is 15.9. The van der Waals surface area contributed by atoms with Gasteiger partial charge in [0.15, 0.2) is 0 Å². The van der Waals surface area contributed by atoms with E-state index in [2.05, 4.69) is 20.4 Å². The van der Waals surface area contributed by atoms with Gasteiger partial charge in [-0.25, -0.2) is 4.68 Å². The number of thioether (sulfide) groups is 1. The molecule has 0 radical (unpaired) electrons. The van der Waals surface area contributed by atoms with Gasteiger partial charge >= 0.3 is 0 Å². The number of benzene rings is 2. The number of aryl methyl sites for hydroxylation is 1. The largest absolute Gasteiger partial charge is 0.335 e. The van der Waals surface area contributed by atoms with Crippen molar-refractivity contribution >= 4 is 40.8 Å². The van der Waals surface area contributed by atoms with E-state index < -0.39 is 0 Å². The number of nitrogens with one attached hydrogen (secondary N) is 1. The molecule has 3 heterocycles. The predicted molar refractivity (Wildman–Crippen MR) is 125 cm³/mol. The van der Waals surface area contributed by atoms with Crippen molar-refractivity contribution in [3.05, 3.63) is 59.8 Å². The number of aromatic nitrogens is 5. The number of hydrogen-bond acceptors (Lipinski definition) is 7. The Morgan fingerprint density at radius 1 is 1.06 bits per heavy atom. The van der Waals surface area contributed by atoms with Crippen molar-refractivity contribution < 1.29 is 4.79 Å². The van der Waals surface area contributed by atoms with Crippen LogP contribution >= 0.6 is 23.5 Å². The third kappa shape index (κ3) is 3.09. The quantitative estimate of drug-likeness (QED) is 0.352. The predicted octanol–water partition coefficient (Wildman–Crippen LogP) is 3.79. The molecule has 32 heavy (non-hydrogen) atoms. The van der Waals surface area contributed by atoms with Crippen LogP contribution in [0, 0.1) is 0 Å². The molecule has 0 bridgehead atoms. The number of carbonyl (C=O) groups is 1. The molecular weight excluding hydrogens is 442 g/mol. The monoisotopic (exact) mass is 461 g/mol. The lowest BCUT2D eigenvalue weighted by Gasteiger charge is -2.30. The van der Waals surface area contributed by atoms with Gasteiger partial charge in [0.2, 0.25) is 16.9 Å². The first-order valence-corrected chi connectivity index (χ1v) is 12.1. The van der Waals surface area contributed by atoms with Crippen LogP contribution < -0.4 is 10.7 Å². The second-order valence-corrected chi connectivity index (χ2v) is 9.64. The van der Waals surface area contributed by atoms with Crippen molar-refractivity contribution in [3.8, 4) is 11.5 Å². The van der Waals surface area contributed by atoms with Gasteiger partial charge in [-0.3, -0.25) is 14.8 Å². The van der Waals surface area contributed by atoms with Crippen LogP contribution in [0.4, 0.5) is 11.4 Å². The fraction of sp³-hybridized carbons (Fsp3) is 0.182. The van der Waals surface area contributed by atoms with Gasteiger partial charge in [-0.15, -0.1) is 10.2 Å². The first-order chi connectivity index (χ1) is 15.7. The zero-order chi connectivity index (χ0) is 21.7. The molecule has 0 fully saturated rings. The van der Waals surface area contributed by atoms with Gasteiger partial charge < -0.3 is 5.84 Å². The topological polar surface area (TPSA) is 106 Å². The normalized spacial score (nSPS) is 14.2. The van der Waals surface area contributed by atoms with Gasteiger partial charge in [0.1, 0.15) is 5.69 Å². The molecule has 0 spiro atoms. The molecule has 6 rings (SSSR count). The molecule has 2 aliphatic rings. The fourth-order valence-corrected chi connectivity index (χ4v) is 5.97. The van der Waals surface area contributed by atoms with E-state index in [-0.39, 0.29) is 11.7 Å². The molecule has 10 heteroatoms. The van der Waals surface area contributed by atoms with Gasteiger partial charge in [-0.2, -0.15) is 5.10 Å². The molecule has 3 N–H and O–H groups in total. The first-order valence-electron chi connectivity index (χ1n) is 10.3. The fourth-order valence-electron chi connectivity index (χ4n) is 4.21. The van der Waals surface area contributed by atoms with E-state index in [4.69, 9.17) is 5.84 Å². The maximum Gasteiger partial charge on any atom is 0.242 e. The number of amides is 1. The van der Waals surface area contributed by atoms with E-state index in [9.17, 15) is 4.79 Å². The Morgan fingerprint density at radius 3 is 2.53 bits per heavy atom. The highest BCUT2D eigenvalue weighted by atomic mass is 32.2. The van der Waals surface area contributed by atoms with Crippen molar-refractivity contribution in [1.82, 2.24) is 25.1 Å². The number of anilines is 2. The number of nitrogens with zero attached hydrogens (tertiary/aromatic N) is 5. The van der Waals surface area contributed by atoms with E-state index in [1.54, 1.807) is 16.7 Å². The average molecular weight is 462 g/mol. The van der Waals surface area contributed by atoms with E-state index in [0.29, 0.717) is 11.0 Å². The van der Waals surface area contributed by atoms with E-state index >= 15 is 0 Å². The Labute approximate surface area is 192 Å². The van der Waals surface area contributed by atoms with Crippen molar-refractivity contribution in [2.45, 2.75) is 34.2 Å². The third-order valence-corrected chi connectivity index (χ3v) is 7.75. The number of H-pyrrole nitrogens is 1. The highest BCUT2D eigenvalue weighted by molar-refractivity contribution is 8.00. The smallest absolute Gasteiger partial charge is 0.242 e. The Hall–Kier alpha value is -3.24. The second-order valence-electron chi connectivity index (χ2n) is 7.61. The highest BCUT2D eigenvalue weighted by Gasteiger charge is 2.29. The summed E-state index contributed by atoms with van der Waals surface area (Å²) in [5.41, 5.74) is 4.85. The first kappa shape index (κ1) is 19.4. The second kappa shape index (κ2) is 7.72. The van der Waals surface area contributed by atoms with Crippen molar-refractivity contribution in [3.63, 3.8) is 0 Å². The molecular formula is C22H19N7OS2. The minimum Gasteiger partial charge on any atom is -0.335 e. The molecule has 0 saturated heterocycles. The third-order valence-electron chi connectivity index (χ3n) is 5.69. The van der Waals surface area contributed by atoms with Crippen LogP contribution in [0.3, 0.4) is 0 Å². The maximum atomic E-state index is 13.4. The zero-order valence-electron chi connectivity index (χ0n) is 17.0. The van der Waals surface area contributed by atoms with Gasteiger partial charge in [-0.05, 0) is 43.5 Å². The molecule has 0 atom stereocenters.